The lowest BCUT2D eigenvalue weighted by atomic mass is 9.88. The van der Waals surface area contributed by atoms with Crippen molar-refractivity contribution in [2.75, 3.05) is 7.11 Å². The number of aliphatic hydroxyl groups is 1. The maximum atomic E-state index is 11.0. The van der Waals surface area contributed by atoms with E-state index < -0.39 is 17.1 Å². The predicted molar refractivity (Wildman–Crippen MR) is 63.7 cm³/mol. The molecule has 0 aliphatic heterocycles. The summed E-state index contributed by atoms with van der Waals surface area (Å²) in [6.45, 7) is 1.66. The summed E-state index contributed by atoms with van der Waals surface area (Å²) in [5, 5.41) is 20.4. The number of nitro benzene ring substituents is 1. The van der Waals surface area contributed by atoms with Crippen molar-refractivity contribution in [2.24, 2.45) is 0 Å². The molecule has 0 amide bonds. The van der Waals surface area contributed by atoms with Crippen LogP contribution in [0.25, 0.3) is 0 Å². The summed E-state index contributed by atoms with van der Waals surface area (Å²) >= 11 is 0. The molecule has 0 radical (unpaired) electrons. The minimum absolute atomic E-state index is 0.0336. The Morgan fingerprint density at radius 2 is 2.22 bits per heavy atom. The third-order valence-electron chi connectivity index (χ3n) is 3.15. The highest BCUT2D eigenvalue weighted by Gasteiger charge is 2.43. The molecule has 0 aromatic heterocycles. The van der Waals surface area contributed by atoms with E-state index in [1.807, 2.05) is 0 Å². The zero-order chi connectivity index (χ0) is 13.3. The van der Waals surface area contributed by atoms with Gasteiger partial charge < -0.3 is 14.6 Å². The van der Waals surface area contributed by atoms with Gasteiger partial charge in [-0.05, 0) is 13.0 Å². The van der Waals surface area contributed by atoms with Gasteiger partial charge in [0.25, 0.3) is 0 Å². The summed E-state index contributed by atoms with van der Waals surface area (Å²) in [7, 11) is 1.48. The second kappa shape index (κ2) is 4.91. The van der Waals surface area contributed by atoms with Crippen LogP contribution in [-0.4, -0.2) is 35.5 Å². The number of para-hydroxylation sites is 1. The topological polar surface area (TPSA) is 81.8 Å². The van der Waals surface area contributed by atoms with E-state index in [0.717, 1.165) is 0 Å². The minimum Gasteiger partial charge on any atom is -0.481 e. The second-order valence-electron chi connectivity index (χ2n) is 4.34. The quantitative estimate of drug-likeness (QED) is 0.648. The van der Waals surface area contributed by atoms with Crippen LogP contribution in [0.3, 0.4) is 0 Å². The van der Waals surface area contributed by atoms with Crippen LogP contribution in [0.2, 0.25) is 0 Å². The van der Waals surface area contributed by atoms with E-state index in [4.69, 9.17) is 9.47 Å². The average Bonchev–Trinajstić information content (AvgIpc) is 2.28. The highest BCUT2D eigenvalue weighted by atomic mass is 16.6. The molecule has 3 atom stereocenters. The van der Waals surface area contributed by atoms with Gasteiger partial charge in [0.2, 0.25) is 0 Å². The van der Waals surface area contributed by atoms with Gasteiger partial charge in [-0.1, -0.05) is 12.1 Å². The number of aryl methyl sites for hydroxylation is 1. The molecule has 0 heterocycles. The zero-order valence-electron chi connectivity index (χ0n) is 10.2. The van der Waals surface area contributed by atoms with Gasteiger partial charge in [-0.3, -0.25) is 10.1 Å². The van der Waals surface area contributed by atoms with Gasteiger partial charge in [0.1, 0.15) is 12.2 Å². The number of nitro groups is 1. The number of benzene rings is 1. The Hall–Kier alpha value is -1.66. The number of methoxy groups -OCH3 is 1. The molecule has 6 heteroatoms. The molecular weight excluding hydrogens is 238 g/mol. The number of aliphatic hydroxyl groups excluding tert-OH is 1. The SMILES string of the molecule is COC1C(O)CC1Oc1cccc(C)c1[N+](=O)[O-]. The van der Waals surface area contributed by atoms with Crippen molar-refractivity contribution in [1.82, 2.24) is 0 Å². The first kappa shape index (κ1) is 12.8. The Balaban J connectivity index is 2.20. The monoisotopic (exact) mass is 253 g/mol. The molecule has 1 aromatic rings. The number of hydrogen-bond donors (Lipinski definition) is 1. The Morgan fingerprint density at radius 3 is 2.78 bits per heavy atom. The van der Waals surface area contributed by atoms with Crippen LogP contribution in [-0.2, 0) is 4.74 Å². The molecule has 0 saturated heterocycles. The molecule has 2 rings (SSSR count). The van der Waals surface area contributed by atoms with Crippen molar-refractivity contribution < 1.29 is 19.5 Å². The number of rotatable bonds is 4. The molecule has 1 fully saturated rings. The molecule has 98 valence electrons. The summed E-state index contributed by atoms with van der Waals surface area (Å²) in [5.74, 6) is 0.221. The summed E-state index contributed by atoms with van der Waals surface area (Å²) in [6, 6.07) is 4.92. The molecule has 1 aliphatic rings. The fourth-order valence-electron chi connectivity index (χ4n) is 2.11. The highest BCUT2D eigenvalue weighted by Crippen LogP contribution is 2.35. The molecular formula is C12H15NO5. The van der Waals surface area contributed by atoms with Crippen LogP contribution in [0.4, 0.5) is 5.69 Å². The molecule has 0 spiro atoms. The summed E-state index contributed by atoms with van der Waals surface area (Å²) < 4.78 is 10.6. The van der Waals surface area contributed by atoms with Crippen molar-refractivity contribution in [2.45, 2.75) is 31.7 Å². The van der Waals surface area contributed by atoms with E-state index in [2.05, 4.69) is 0 Å². The first-order valence-electron chi connectivity index (χ1n) is 5.66. The standard InChI is InChI=1S/C12H15NO5/c1-7-4-3-5-9(11(7)13(15)16)18-10-6-8(14)12(10)17-2/h3-5,8,10,12,14H,6H2,1-2H3. The Labute approximate surface area is 104 Å². The largest absolute Gasteiger partial charge is 0.481 e. The zero-order valence-corrected chi connectivity index (χ0v) is 10.2. The van der Waals surface area contributed by atoms with Gasteiger partial charge in [0, 0.05) is 19.1 Å². The predicted octanol–water partition coefficient (Wildman–Crippen LogP) is 1.43. The van der Waals surface area contributed by atoms with Crippen molar-refractivity contribution in [3.63, 3.8) is 0 Å². The summed E-state index contributed by atoms with van der Waals surface area (Å²) in [6.07, 6.45) is -0.914. The van der Waals surface area contributed by atoms with E-state index in [0.29, 0.717) is 12.0 Å². The maximum absolute atomic E-state index is 11.0. The number of hydrogen-bond acceptors (Lipinski definition) is 5. The fraction of sp³-hybridized carbons (Fsp3) is 0.500. The third-order valence-corrected chi connectivity index (χ3v) is 3.15. The summed E-state index contributed by atoms with van der Waals surface area (Å²) in [4.78, 5) is 10.5. The Morgan fingerprint density at radius 1 is 1.50 bits per heavy atom. The second-order valence-corrected chi connectivity index (χ2v) is 4.34. The first-order chi connectivity index (χ1) is 8.54. The minimum atomic E-state index is -0.566. The van der Waals surface area contributed by atoms with Crippen LogP contribution in [0.1, 0.15) is 12.0 Å². The van der Waals surface area contributed by atoms with Gasteiger partial charge in [-0.2, -0.15) is 0 Å². The summed E-state index contributed by atoms with van der Waals surface area (Å²) in [5.41, 5.74) is 0.514. The normalized spacial score (nSPS) is 26.5. The van der Waals surface area contributed by atoms with Crippen LogP contribution in [0.15, 0.2) is 18.2 Å². The lowest BCUT2D eigenvalue weighted by Gasteiger charge is -2.39. The van der Waals surface area contributed by atoms with Crippen molar-refractivity contribution in [1.29, 1.82) is 0 Å². The molecule has 18 heavy (non-hydrogen) atoms. The fourth-order valence-corrected chi connectivity index (χ4v) is 2.11. The van der Waals surface area contributed by atoms with Crippen LogP contribution in [0, 0.1) is 17.0 Å². The van der Waals surface area contributed by atoms with E-state index in [9.17, 15) is 15.2 Å². The Kier molecular flexibility index (Phi) is 3.49. The molecule has 6 nitrogen and oxygen atoms in total. The lowest BCUT2D eigenvalue weighted by molar-refractivity contribution is -0.386. The number of ether oxygens (including phenoxy) is 2. The molecule has 1 aromatic carbocycles. The van der Waals surface area contributed by atoms with Crippen LogP contribution >= 0.6 is 0 Å². The van der Waals surface area contributed by atoms with Gasteiger partial charge in [0.05, 0.1) is 11.0 Å². The molecule has 1 saturated carbocycles. The third kappa shape index (κ3) is 2.16. The molecule has 1 N–H and O–H groups in total. The van der Waals surface area contributed by atoms with E-state index in [-0.39, 0.29) is 17.5 Å². The molecule has 3 unspecified atom stereocenters. The Bertz CT molecular complexity index is 462. The first-order valence-corrected chi connectivity index (χ1v) is 5.66. The smallest absolute Gasteiger partial charge is 0.313 e. The maximum Gasteiger partial charge on any atom is 0.313 e. The van der Waals surface area contributed by atoms with Gasteiger partial charge in [-0.15, -0.1) is 0 Å². The molecule has 0 bridgehead atoms. The number of nitrogens with zero attached hydrogens (tertiary/aromatic N) is 1. The van der Waals surface area contributed by atoms with Gasteiger partial charge in [-0.25, -0.2) is 0 Å². The lowest BCUT2D eigenvalue weighted by Crippen LogP contribution is -2.54. The van der Waals surface area contributed by atoms with Crippen LogP contribution in [0.5, 0.6) is 5.75 Å². The van der Waals surface area contributed by atoms with Gasteiger partial charge in [0.15, 0.2) is 5.75 Å². The van der Waals surface area contributed by atoms with E-state index in [1.54, 1.807) is 25.1 Å². The average molecular weight is 253 g/mol. The van der Waals surface area contributed by atoms with E-state index >= 15 is 0 Å². The molecule has 1 aliphatic carbocycles. The van der Waals surface area contributed by atoms with Crippen molar-refractivity contribution in [3.05, 3.63) is 33.9 Å². The van der Waals surface area contributed by atoms with Gasteiger partial charge >= 0.3 is 5.69 Å². The van der Waals surface area contributed by atoms with Crippen molar-refractivity contribution in [3.8, 4) is 5.75 Å². The van der Waals surface area contributed by atoms with Crippen LogP contribution < -0.4 is 4.74 Å². The van der Waals surface area contributed by atoms with E-state index in [1.165, 1.54) is 7.11 Å². The van der Waals surface area contributed by atoms with Crippen molar-refractivity contribution >= 4 is 5.69 Å². The highest BCUT2D eigenvalue weighted by molar-refractivity contribution is 5.52.